The Morgan fingerprint density at radius 1 is 1.17 bits per heavy atom. The van der Waals surface area contributed by atoms with Crippen LogP contribution in [0.1, 0.15) is 55.8 Å². The summed E-state index contributed by atoms with van der Waals surface area (Å²) in [5.41, 5.74) is 2.05. The number of para-hydroxylation sites is 1. The number of halogens is 1. The number of ether oxygens (including phenoxy) is 1. The first-order valence-electron chi connectivity index (χ1n) is 10.2. The Bertz CT molecular complexity index is 1020. The van der Waals surface area contributed by atoms with E-state index < -0.39 is 0 Å². The van der Waals surface area contributed by atoms with Crippen LogP contribution in [0.5, 0.6) is 5.75 Å². The first-order valence-corrected chi connectivity index (χ1v) is 10.6. The van der Waals surface area contributed by atoms with Crippen LogP contribution >= 0.6 is 11.6 Å². The van der Waals surface area contributed by atoms with Crippen LogP contribution in [0.15, 0.2) is 54.9 Å². The Labute approximate surface area is 181 Å². The largest absolute Gasteiger partial charge is 0.496 e. The van der Waals surface area contributed by atoms with E-state index >= 15 is 0 Å². The second-order valence-corrected chi connectivity index (χ2v) is 7.87. The molecule has 0 radical (unpaired) electrons. The van der Waals surface area contributed by atoms with Crippen LogP contribution < -0.4 is 9.64 Å². The molecule has 0 saturated carbocycles. The first-order chi connectivity index (χ1) is 14.6. The molecule has 7 heteroatoms. The number of methoxy groups -OCH3 is 1. The molecule has 1 aromatic heterocycles. The number of carbonyl (C=O) groups is 1. The van der Waals surface area contributed by atoms with Crippen LogP contribution in [0.3, 0.4) is 0 Å². The van der Waals surface area contributed by atoms with E-state index in [9.17, 15) is 4.79 Å². The standard InChI is InChI=1S/C23H25ClN4O2/c1-3-4-9-22(29)27-19(16-10-12-17(24)13-11-16)14-20(28-23(27)25-15-26-28)18-7-5-6-8-21(18)30-2/h5-8,10-13,15,19-20H,3-4,9,14H2,1-2H3/t19-,20-/m0/s1. The average molecular weight is 425 g/mol. The molecule has 1 amide bonds. The summed E-state index contributed by atoms with van der Waals surface area (Å²) in [7, 11) is 1.67. The van der Waals surface area contributed by atoms with Crippen LogP contribution in [-0.2, 0) is 4.79 Å². The summed E-state index contributed by atoms with van der Waals surface area (Å²) >= 11 is 6.12. The number of carbonyl (C=O) groups excluding carboxylic acids is 1. The number of fused-ring (bicyclic) bond motifs is 1. The fourth-order valence-electron chi connectivity index (χ4n) is 4.10. The molecule has 0 bridgehead atoms. The fraction of sp³-hybridized carbons (Fsp3) is 0.348. The van der Waals surface area contributed by atoms with Crippen molar-refractivity contribution in [3.8, 4) is 5.75 Å². The Kier molecular flexibility index (Phi) is 6.04. The maximum Gasteiger partial charge on any atom is 0.231 e. The van der Waals surface area contributed by atoms with Gasteiger partial charge >= 0.3 is 0 Å². The van der Waals surface area contributed by atoms with Crippen LogP contribution in [0, 0.1) is 0 Å². The van der Waals surface area contributed by atoms with Crippen molar-refractivity contribution in [3.05, 3.63) is 71.0 Å². The summed E-state index contributed by atoms with van der Waals surface area (Å²) in [5, 5.41) is 5.15. The van der Waals surface area contributed by atoms with E-state index in [1.54, 1.807) is 12.0 Å². The van der Waals surface area contributed by atoms with Gasteiger partial charge in [-0.2, -0.15) is 10.1 Å². The van der Waals surface area contributed by atoms with Gasteiger partial charge in [0.2, 0.25) is 11.9 Å². The molecule has 0 N–H and O–H groups in total. The Morgan fingerprint density at radius 3 is 2.67 bits per heavy atom. The lowest BCUT2D eigenvalue weighted by Crippen LogP contribution is -2.42. The van der Waals surface area contributed by atoms with E-state index in [0.29, 0.717) is 23.8 Å². The lowest BCUT2D eigenvalue weighted by molar-refractivity contribution is -0.119. The third-order valence-corrected chi connectivity index (χ3v) is 5.84. The lowest BCUT2D eigenvalue weighted by atomic mass is 9.91. The van der Waals surface area contributed by atoms with Gasteiger partial charge in [0, 0.05) is 17.0 Å². The molecule has 0 unspecified atom stereocenters. The van der Waals surface area contributed by atoms with Crippen LogP contribution in [-0.4, -0.2) is 27.8 Å². The quantitative estimate of drug-likeness (QED) is 0.545. The van der Waals surface area contributed by atoms with Crippen molar-refractivity contribution in [1.82, 2.24) is 14.8 Å². The zero-order valence-corrected chi connectivity index (χ0v) is 17.9. The average Bonchev–Trinajstić information content (AvgIpc) is 3.26. The number of amides is 1. The summed E-state index contributed by atoms with van der Waals surface area (Å²) in [6.45, 7) is 2.08. The van der Waals surface area contributed by atoms with E-state index in [4.69, 9.17) is 16.3 Å². The summed E-state index contributed by atoms with van der Waals surface area (Å²) in [6, 6.07) is 15.4. The van der Waals surface area contributed by atoms with E-state index in [1.807, 2.05) is 53.2 Å². The minimum Gasteiger partial charge on any atom is -0.496 e. The smallest absolute Gasteiger partial charge is 0.231 e. The van der Waals surface area contributed by atoms with E-state index in [0.717, 1.165) is 29.7 Å². The maximum absolute atomic E-state index is 13.2. The predicted molar refractivity (Wildman–Crippen MR) is 117 cm³/mol. The first kappa shape index (κ1) is 20.4. The highest BCUT2D eigenvalue weighted by Gasteiger charge is 2.39. The number of hydrogen-bond acceptors (Lipinski definition) is 4. The Hall–Kier alpha value is -2.86. The molecular weight excluding hydrogens is 400 g/mol. The van der Waals surface area contributed by atoms with E-state index in [1.165, 1.54) is 6.33 Å². The molecule has 2 atom stereocenters. The molecular formula is C23H25ClN4O2. The van der Waals surface area contributed by atoms with Gasteiger partial charge in [-0.25, -0.2) is 4.68 Å². The third-order valence-electron chi connectivity index (χ3n) is 5.59. The molecule has 2 aromatic carbocycles. The van der Waals surface area contributed by atoms with E-state index in [2.05, 4.69) is 17.0 Å². The Morgan fingerprint density at radius 2 is 1.93 bits per heavy atom. The predicted octanol–water partition coefficient (Wildman–Crippen LogP) is 5.20. The Balaban J connectivity index is 1.82. The van der Waals surface area contributed by atoms with Crippen molar-refractivity contribution in [2.75, 3.05) is 12.0 Å². The van der Waals surface area contributed by atoms with Crippen molar-refractivity contribution in [1.29, 1.82) is 0 Å². The van der Waals surface area contributed by atoms with Gasteiger partial charge in [-0.3, -0.25) is 9.69 Å². The monoisotopic (exact) mass is 424 g/mol. The van der Waals surface area contributed by atoms with Crippen molar-refractivity contribution >= 4 is 23.5 Å². The number of aromatic nitrogens is 3. The molecule has 2 heterocycles. The summed E-state index contributed by atoms with van der Waals surface area (Å²) in [5.74, 6) is 1.42. The number of nitrogens with zero attached hydrogens (tertiary/aromatic N) is 4. The van der Waals surface area contributed by atoms with Gasteiger partial charge in [-0.1, -0.05) is 55.3 Å². The molecule has 156 valence electrons. The minimum atomic E-state index is -0.168. The maximum atomic E-state index is 13.2. The molecule has 1 aliphatic rings. The molecule has 4 rings (SSSR count). The molecule has 0 fully saturated rings. The zero-order chi connectivity index (χ0) is 21.1. The number of unbranched alkanes of at least 4 members (excludes halogenated alkanes) is 1. The highest BCUT2D eigenvalue weighted by molar-refractivity contribution is 6.30. The molecule has 0 aliphatic carbocycles. The summed E-state index contributed by atoms with van der Waals surface area (Å²) < 4.78 is 7.46. The van der Waals surface area contributed by atoms with Gasteiger partial charge in [-0.15, -0.1) is 0 Å². The summed E-state index contributed by atoms with van der Waals surface area (Å²) in [4.78, 5) is 19.5. The highest BCUT2D eigenvalue weighted by atomic mass is 35.5. The second kappa shape index (κ2) is 8.88. The van der Waals surface area contributed by atoms with Crippen molar-refractivity contribution < 1.29 is 9.53 Å². The second-order valence-electron chi connectivity index (χ2n) is 7.43. The van der Waals surface area contributed by atoms with Crippen molar-refractivity contribution in [2.45, 2.75) is 44.7 Å². The lowest BCUT2D eigenvalue weighted by Gasteiger charge is -2.39. The molecule has 0 saturated heterocycles. The third kappa shape index (κ3) is 3.79. The zero-order valence-electron chi connectivity index (χ0n) is 17.2. The van der Waals surface area contributed by atoms with Gasteiger partial charge < -0.3 is 4.74 Å². The van der Waals surface area contributed by atoms with E-state index in [-0.39, 0.29) is 18.0 Å². The summed E-state index contributed by atoms with van der Waals surface area (Å²) in [6.07, 6.45) is 4.46. The van der Waals surface area contributed by atoms with Crippen LogP contribution in [0.4, 0.5) is 5.95 Å². The molecule has 3 aromatic rings. The van der Waals surface area contributed by atoms with Crippen molar-refractivity contribution in [3.63, 3.8) is 0 Å². The number of benzene rings is 2. The fourth-order valence-corrected chi connectivity index (χ4v) is 4.22. The molecule has 1 aliphatic heterocycles. The van der Waals surface area contributed by atoms with Crippen LogP contribution in [0.25, 0.3) is 0 Å². The van der Waals surface area contributed by atoms with Crippen LogP contribution in [0.2, 0.25) is 5.02 Å². The van der Waals surface area contributed by atoms with Gasteiger partial charge in [0.1, 0.15) is 12.1 Å². The number of anilines is 1. The number of hydrogen-bond donors (Lipinski definition) is 0. The SMILES string of the molecule is CCCCC(=O)N1c2ncnn2[C@H](c2ccccc2OC)C[C@H]1c1ccc(Cl)cc1. The van der Waals surface area contributed by atoms with Crippen molar-refractivity contribution in [2.24, 2.45) is 0 Å². The molecule has 6 nitrogen and oxygen atoms in total. The normalized spacial score (nSPS) is 18.2. The van der Waals surface area contributed by atoms with Gasteiger partial charge in [0.25, 0.3) is 0 Å². The van der Waals surface area contributed by atoms with Gasteiger partial charge in [0.15, 0.2) is 0 Å². The van der Waals surface area contributed by atoms with Gasteiger partial charge in [0.05, 0.1) is 19.2 Å². The minimum absolute atomic E-state index is 0.0597. The number of rotatable bonds is 6. The van der Waals surface area contributed by atoms with Gasteiger partial charge in [-0.05, 0) is 36.6 Å². The topological polar surface area (TPSA) is 60.2 Å². The molecule has 0 spiro atoms. The molecule has 30 heavy (non-hydrogen) atoms. The highest BCUT2D eigenvalue weighted by Crippen LogP contribution is 2.44.